The van der Waals surface area contributed by atoms with Crippen LogP contribution < -0.4 is 5.32 Å². The number of rotatable bonds is 6. The van der Waals surface area contributed by atoms with Crippen LogP contribution >= 0.6 is 0 Å². The van der Waals surface area contributed by atoms with Crippen LogP contribution in [0.4, 0.5) is 10.2 Å². The first-order valence-electron chi connectivity index (χ1n) is 8.95. The highest BCUT2D eigenvalue weighted by Gasteiger charge is 2.42. The fraction of sp³-hybridized carbons (Fsp3) is 0.474. The monoisotopic (exact) mass is 376 g/mol. The lowest BCUT2D eigenvalue weighted by atomic mass is 9.73. The van der Waals surface area contributed by atoms with Crippen molar-refractivity contribution in [1.82, 2.24) is 14.7 Å². The Bertz CT molecular complexity index is 780. The van der Waals surface area contributed by atoms with Gasteiger partial charge in [0, 0.05) is 37.8 Å². The highest BCUT2D eigenvalue weighted by atomic mass is 19.1. The second-order valence-electron chi connectivity index (χ2n) is 7.26. The fourth-order valence-corrected chi connectivity index (χ4v) is 3.64. The number of carbonyl (C=O) groups is 1. The van der Waals surface area contributed by atoms with Gasteiger partial charge in [-0.25, -0.2) is 4.39 Å². The number of aliphatic hydroxyl groups excluding tert-OH is 2. The minimum Gasteiger partial charge on any atom is -0.396 e. The van der Waals surface area contributed by atoms with E-state index < -0.39 is 11.5 Å². The van der Waals surface area contributed by atoms with E-state index in [4.69, 9.17) is 0 Å². The molecule has 3 N–H and O–H groups in total. The molecular formula is C19H25FN4O3. The van der Waals surface area contributed by atoms with Gasteiger partial charge in [0.15, 0.2) is 5.82 Å². The lowest BCUT2D eigenvalue weighted by Crippen LogP contribution is -2.56. The average molecular weight is 376 g/mol. The lowest BCUT2D eigenvalue weighted by molar-refractivity contribution is -0.121. The molecule has 1 aliphatic rings. The second kappa shape index (κ2) is 8.16. The van der Waals surface area contributed by atoms with E-state index in [-0.39, 0.29) is 24.9 Å². The quantitative estimate of drug-likeness (QED) is 0.693. The van der Waals surface area contributed by atoms with Gasteiger partial charge in [-0.1, -0.05) is 12.1 Å². The van der Waals surface area contributed by atoms with E-state index in [1.54, 1.807) is 36.1 Å². The Kier molecular flexibility index (Phi) is 5.88. The molecule has 27 heavy (non-hydrogen) atoms. The number of halogens is 1. The van der Waals surface area contributed by atoms with Crippen molar-refractivity contribution in [2.45, 2.75) is 18.9 Å². The number of amides is 1. The van der Waals surface area contributed by atoms with Gasteiger partial charge in [-0.05, 0) is 30.5 Å². The molecule has 0 saturated carbocycles. The number of piperidine rings is 1. The molecule has 1 aliphatic heterocycles. The normalized spacial score (nSPS) is 23.3. The van der Waals surface area contributed by atoms with E-state index >= 15 is 0 Å². The summed E-state index contributed by atoms with van der Waals surface area (Å²) in [5, 5.41) is 27.5. The number of benzene rings is 1. The molecule has 146 valence electrons. The molecule has 0 bridgehead atoms. The summed E-state index contributed by atoms with van der Waals surface area (Å²) in [6.07, 6.45) is 1.91. The Hall–Kier alpha value is -2.29. The van der Waals surface area contributed by atoms with Crippen molar-refractivity contribution in [3.8, 4) is 0 Å². The van der Waals surface area contributed by atoms with Crippen LogP contribution in [-0.2, 0) is 18.3 Å². The molecule has 2 aromatic rings. The van der Waals surface area contributed by atoms with Crippen molar-refractivity contribution in [3.63, 3.8) is 0 Å². The number of aromatic nitrogens is 2. The molecule has 1 aromatic carbocycles. The van der Waals surface area contributed by atoms with Gasteiger partial charge < -0.3 is 15.5 Å². The predicted molar refractivity (Wildman–Crippen MR) is 98.5 cm³/mol. The summed E-state index contributed by atoms with van der Waals surface area (Å²) in [4.78, 5) is 14.2. The van der Waals surface area contributed by atoms with Gasteiger partial charge in [-0.3, -0.25) is 14.4 Å². The number of aryl methyl sites for hydroxylation is 1. The van der Waals surface area contributed by atoms with Gasteiger partial charge in [-0.2, -0.15) is 5.10 Å². The number of likely N-dealkylation sites (tertiary alicyclic amines) is 1. The zero-order valence-corrected chi connectivity index (χ0v) is 15.3. The van der Waals surface area contributed by atoms with Crippen LogP contribution in [0, 0.1) is 11.2 Å². The molecule has 0 aliphatic carbocycles. The fourth-order valence-electron chi connectivity index (χ4n) is 3.64. The van der Waals surface area contributed by atoms with Crippen molar-refractivity contribution in [2.75, 3.05) is 31.6 Å². The van der Waals surface area contributed by atoms with E-state index in [1.807, 2.05) is 4.90 Å². The molecule has 1 saturated heterocycles. The first kappa shape index (κ1) is 19.5. The molecule has 2 heterocycles. The maximum absolute atomic E-state index is 13.1. The highest BCUT2D eigenvalue weighted by Crippen LogP contribution is 2.34. The Morgan fingerprint density at radius 3 is 2.74 bits per heavy atom. The van der Waals surface area contributed by atoms with E-state index in [0.717, 1.165) is 5.56 Å². The number of carbonyl (C=O) groups excluding carboxylic acids is 1. The van der Waals surface area contributed by atoms with Crippen molar-refractivity contribution in [2.24, 2.45) is 12.5 Å². The van der Waals surface area contributed by atoms with E-state index in [9.17, 15) is 19.4 Å². The van der Waals surface area contributed by atoms with Crippen LogP contribution in [0.1, 0.15) is 12.0 Å². The number of nitrogens with zero attached hydrogens (tertiary/aromatic N) is 3. The van der Waals surface area contributed by atoms with Crippen molar-refractivity contribution in [3.05, 3.63) is 47.9 Å². The third-order valence-corrected chi connectivity index (χ3v) is 5.10. The predicted octanol–water partition coefficient (Wildman–Crippen LogP) is 0.786. The molecule has 2 atom stereocenters. The molecule has 1 fully saturated rings. The molecule has 1 aromatic heterocycles. The van der Waals surface area contributed by atoms with Crippen LogP contribution in [0.25, 0.3) is 0 Å². The largest absolute Gasteiger partial charge is 0.396 e. The maximum Gasteiger partial charge on any atom is 0.239 e. The first-order chi connectivity index (χ1) is 12.9. The van der Waals surface area contributed by atoms with Gasteiger partial charge in [0.2, 0.25) is 5.91 Å². The summed E-state index contributed by atoms with van der Waals surface area (Å²) >= 11 is 0. The van der Waals surface area contributed by atoms with Crippen LogP contribution in [-0.4, -0.2) is 63.1 Å². The molecular weight excluding hydrogens is 351 g/mol. The number of anilines is 1. The Labute approximate surface area is 157 Å². The third kappa shape index (κ3) is 4.71. The molecule has 0 unspecified atom stereocenters. The average Bonchev–Trinajstić information content (AvgIpc) is 3.04. The highest BCUT2D eigenvalue weighted by molar-refractivity contribution is 5.91. The van der Waals surface area contributed by atoms with Crippen molar-refractivity contribution >= 4 is 11.7 Å². The number of aliphatic hydroxyl groups is 2. The number of hydrogen-bond acceptors (Lipinski definition) is 5. The number of nitrogens with one attached hydrogen (secondary N) is 1. The second-order valence-corrected chi connectivity index (χ2v) is 7.26. The Balaban J connectivity index is 1.66. The SMILES string of the molecule is Cn1ccc(NC(=O)CN2CC[C@H](O)[C@@](CO)(Cc3ccc(F)cc3)C2)n1. The van der Waals surface area contributed by atoms with Gasteiger partial charge in [-0.15, -0.1) is 0 Å². The standard InChI is InChI=1S/C19H25FN4O3/c1-23-8-7-17(22-23)21-18(27)11-24-9-6-16(26)19(12-24,13-25)10-14-2-4-15(20)5-3-14/h2-5,7-8,16,25-26H,6,9-13H2,1H3,(H,21,22,27)/t16-,19-/m0/s1. The minimum absolute atomic E-state index is 0.147. The minimum atomic E-state index is -0.790. The summed E-state index contributed by atoms with van der Waals surface area (Å²) < 4.78 is 14.8. The molecule has 0 radical (unpaired) electrons. The topological polar surface area (TPSA) is 90.6 Å². The van der Waals surface area contributed by atoms with Crippen molar-refractivity contribution in [1.29, 1.82) is 0 Å². The van der Waals surface area contributed by atoms with Crippen LogP contribution in [0.5, 0.6) is 0 Å². The van der Waals surface area contributed by atoms with Gasteiger partial charge >= 0.3 is 0 Å². The number of hydrogen-bond donors (Lipinski definition) is 3. The molecule has 8 heteroatoms. The third-order valence-electron chi connectivity index (χ3n) is 5.10. The molecule has 3 rings (SSSR count). The van der Waals surface area contributed by atoms with Crippen LogP contribution in [0.3, 0.4) is 0 Å². The first-order valence-corrected chi connectivity index (χ1v) is 8.95. The zero-order valence-electron chi connectivity index (χ0n) is 15.3. The Morgan fingerprint density at radius 1 is 1.37 bits per heavy atom. The summed E-state index contributed by atoms with van der Waals surface area (Å²) in [5.41, 5.74) is 0.0470. The van der Waals surface area contributed by atoms with E-state index in [0.29, 0.717) is 31.7 Å². The molecule has 0 spiro atoms. The zero-order chi connectivity index (χ0) is 19.4. The van der Waals surface area contributed by atoms with E-state index in [1.165, 1.54) is 12.1 Å². The summed E-state index contributed by atoms with van der Waals surface area (Å²) in [6.45, 7) is 0.859. The lowest BCUT2D eigenvalue weighted by Gasteiger charge is -2.45. The van der Waals surface area contributed by atoms with E-state index in [2.05, 4.69) is 10.4 Å². The summed E-state index contributed by atoms with van der Waals surface area (Å²) in [7, 11) is 1.77. The van der Waals surface area contributed by atoms with Crippen LogP contribution in [0.15, 0.2) is 36.5 Å². The van der Waals surface area contributed by atoms with Gasteiger partial charge in [0.05, 0.1) is 19.3 Å². The Morgan fingerprint density at radius 2 is 2.11 bits per heavy atom. The summed E-state index contributed by atoms with van der Waals surface area (Å²) in [6, 6.07) is 7.77. The van der Waals surface area contributed by atoms with Crippen LogP contribution in [0.2, 0.25) is 0 Å². The molecule has 1 amide bonds. The van der Waals surface area contributed by atoms with Gasteiger partial charge in [0.1, 0.15) is 5.82 Å². The van der Waals surface area contributed by atoms with Gasteiger partial charge in [0.25, 0.3) is 0 Å². The van der Waals surface area contributed by atoms with Crippen molar-refractivity contribution < 1.29 is 19.4 Å². The molecule has 7 nitrogen and oxygen atoms in total. The maximum atomic E-state index is 13.1. The summed E-state index contributed by atoms with van der Waals surface area (Å²) in [5.74, 6) is -0.0354. The smallest absolute Gasteiger partial charge is 0.239 e.